The molecule has 1 amide bonds. The minimum Gasteiger partial charge on any atom is -0.494 e. The molecule has 0 fully saturated rings. The van der Waals surface area contributed by atoms with E-state index in [1.165, 1.54) is 6.33 Å². The van der Waals surface area contributed by atoms with Crippen LogP contribution in [0.5, 0.6) is 5.75 Å². The number of rotatable bonds is 7. The third kappa shape index (κ3) is 4.45. The topological polar surface area (TPSA) is 81.1 Å². The summed E-state index contributed by atoms with van der Waals surface area (Å²) in [6, 6.07) is 15.2. The van der Waals surface area contributed by atoms with E-state index in [-0.39, 0.29) is 5.91 Å². The summed E-state index contributed by atoms with van der Waals surface area (Å²) >= 11 is 0. The van der Waals surface area contributed by atoms with Crippen molar-refractivity contribution in [3.8, 4) is 5.75 Å². The molecule has 0 radical (unpaired) electrons. The molecule has 0 saturated carbocycles. The molecule has 7 heteroatoms. The molecular weight excluding hydrogens is 390 g/mol. The van der Waals surface area contributed by atoms with Crippen LogP contribution in [0.4, 0.5) is 11.6 Å². The Hall–Kier alpha value is -3.61. The van der Waals surface area contributed by atoms with Crippen LogP contribution in [0.3, 0.4) is 0 Å². The Morgan fingerprint density at radius 3 is 2.74 bits per heavy atom. The van der Waals surface area contributed by atoms with Gasteiger partial charge in [0.05, 0.1) is 12.2 Å². The molecule has 0 bridgehead atoms. The van der Waals surface area contributed by atoms with Crippen molar-refractivity contribution in [3.63, 3.8) is 0 Å². The number of carbonyl (C=O) groups excluding carboxylic acids is 1. The molecular formula is C24H27N5O2. The maximum atomic E-state index is 13.4. The Bertz CT molecular complexity index is 1100. The maximum Gasteiger partial charge on any atom is 0.255 e. The molecule has 2 heterocycles. The highest BCUT2D eigenvalue weighted by atomic mass is 16.5. The van der Waals surface area contributed by atoms with Crippen molar-refractivity contribution in [1.82, 2.24) is 14.8 Å². The van der Waals surface area contributed by atoms with Crippen molar-refractivity contribution < 1.29 is 9.53 Å². The van der Waals surface area contributed by atoms with Gasteiger partial charge in [-0.3, -0.25) is 4.79 Å². The summed E-state index contributed by atoms with van der Waals surface area (Å²) in [7, 11) is 0. The Morgan fingerprint density at radius 1 is 1.19 bits per heavy atom. The van der Waals surface area contributed by atoms with Crippen molar-refractivity contribution in [2.24, 2.45) is 0 Å². The number of carbonyl (C=O) groups is 1. The third-order valence-electron chi connectivity index (χ3n) is 5.28. The van der Waals surface area contributed by atoms with E-state index in [2.05, 4.69) is 27.6 Å². The van der Waals surface area contributed by atoms with Crippen LogP contribution in [0.2, 0.25) is 0 Å². The molecule has 0 saturated heterocycles. The van der Waals surface area contributed by atoms with E-state index in [4.69, 9.17) is 4.74 Å². The van der Waals surface area contributed by atoms with E-state index < -0.39 is 6.04 Å². The van der Waals surface area contributed by atoms with Gasteiger partial charge >= 0.3 is 0 Å². The summed E-state index contributed by atoms with van der Waals surface area (Å²) in [6.07, 6.45) is 3.60. The van der Waals surface area contributed by atoms with Crippen LogP contribution in [0.15, 0.2) is 66.1 Å². The highest BCUT2D eigenvalue weighted by Gasteiger charge is 2.33. The highest BCUT2D eigenvalue weighted by molar-refractivity contribution is 6.06. The number of amides is 1. The molecule has 2 aromatic carbocycles. The number of allylic oxidation sites excluding steroid dienone is 1. The van der Waals surface area contributed by atoms with Gasteiger partial charge in [0.1, 0.15) is 18.1 Å². The zero-order chi connectivity index (χ0) is 21.8. The van der Waals surface area contributed by atoms with Gasteiger partial charge in [-0.1, -0.05) is 37.6 Å². The summed E-state index contributed by atoms with van der Waals surface area (Å²) in [4.78, 5) is 17.6. The van der Waals surface area contributed by atoms with Gasteiger partial charge in [0.15, 0.2) is 0 Å². The first kappa shape index (κ1) is 20.7. The molecule has 1 aromatic heterocycles. The van der Waals surface area contributed by atoms with Crippen molar-refractivity contribution in [3.05, 3.63) is 77.3 Å². The second kappa shape index (κ2) is 9.04. The predicted octanol–water partition coefficient (Wildman–Crippen LogP) is 4.69. The minimum atomic E-state index is -0.395. The minimum absolute atomic E-state index is 0.176. The van der Waals surface area contributed by atoms with Gasteiger partial charge in [0.25, 0.3) is 5.91 Å². The number of nitrogens with one attached hydrogen (secondary N) is 2. The van der Waals surface area contributed by atoms with Crippen molar-refractivity contribution in [2.45, 2.75) is 39.7 Å². The van der Waals surface area contributed by atoms with Gasteiger partial charge in [-0.25, -0.2) is 4.68 Å². The van der Waals surface area contributed by atoms with E-state index in [0.717, 1.165) is 41.1 Å². The fourth-order valence-electron chi connectivity index (χ4n) is 3.70. The second-order valence-corrected chi connectivity index (χ2v) is 7.69. The number of ether oxygens (including phenoxy) is 1. The SMILES string of the molecule is CCCCOc1ccc(C2C(C(=O)Nc3cccc(C)c3)=C(C)Nc3ncnn32)cc1. The summed E-state index contributed by atoms with van der Waals surface area (Å²) < 4.78 is 7.53. The lowest BCUT2D eigenvalue weighted by Gasteiger charge is -2.28. The molecule has 0 spiro atoms. The third-order valence-corrected chi connectivity index (χ3v) is 5.28. The van der Waals surface area contributed by atoms with Crippen molar-refractivity contribution in [2.75, 3.05) is 17.2 Å². The van der Waals surface area contributed by atoms with Gasteiger partial charge in [-0.05, 0) is 55.7 Å². The smallest absolute Gasteiger partial charge is 0.255 e. The lowest BCUT2D eigenvalue weighted by atomic mass is 9.95. The number of fused-ring (bicyclic) bond motifs is 1. The largest absolute Gasteiger partial charge is 0.494 e. The number of nitrogens with zero attached hydrogens (tertiary/aromatic N) is 3. The Labute approximate surface area is 182 Å². The summed E-state index contributed by atoms with van der Waals surface area (Å²) in [5.74, 6) is 1.25. The van der Waals surface area contributed by atoms with Crippen LogP contribution >= 0.6 is 0 Å². The summed E-state index contributed by atoms with van der Waals surface area (Å²) in [6.45, 7) is 6.71. The number of aromatic nitrogens is 3. The monoisotopic (exact) mass is 417 g/mol. The van der Waals surface area contributed by atoms with E-state index >= 15 is 0 Å². The Kier molecular flexibility index (Phi) is 6.02. The first-order chi connectivity index (χ1) is 15.1. The first-order valence-corrected chi connectivity index (χ1v) is 10.5. The van der Waals surface area contributed by atoms with E-state index in [1.807, 2.05) is 62.4 Å². The normalized spacial score (nSPS) is 15.3. The number of benzene rings is 2. The number of unbranched alkanes of at least 4 members (excludes halogenated alkanes) is 1. The van der Waals surface area contributed by atoms with Gasteiger partial charge in [0.2, 0.25) is 5.95 Å². The number of anilines is 2. The van der Waals surface area contributed by atoms with Crippen LogP contribution < -0.4 is 15.4 Å². The maximum absolute atomic E-state index is 13.4. The standard InChI is InChI=1S/C24H27N5O2/c1-4-5-13-31-20-11-9-18(10-12-20)22-21(17(3)27-24-25-15-26-29(22)24)23(30)28-19-8-6-7-16(2)14-19/h6-12,14-15,22H,4-5,13H2,1-3H3,(H,28,30)(H,25,26,27). The molecule has 3 aromatic rings. The van der Waals surface area contributed by atoms with Gasteiger partial charge < -0.3 is 15.4 Å². The quantitative estimate of drug-likeness (QED) is 0.545. The van der Waals surface area contributed by atoms with E-state index in [0.29, 0.717) is 18.1 Å². The number of hydrogen-bond donors (Lipinski definition) is 2. The average Bonchev–Trinajstić information content (AvgIpc) is 3.21. The zero-order valence-electron chi connectivity index (χ0n) is 18.1. The molecule has 2 N–H and O–H groups in total. The highest BCUT2D eigenvalue weighted by Crippen LogP contribution is 2.35. The van der Waals surface area contributed by atoms with Gasteiger partial charge in [0, 0.05) is 11.4 Å². The summed E-state index contributed by atoms with van der Waals surface area (Å²) in [5, 5.41) is 10.6. The first-order valence-electron chi connectivity index (χ1n) is 10.5. The lowest BCUT2D eigenvalue weighted by Crippen LogP contribution is -2.31. The molecule has 31 heavy (non-hydrogen) atoms. The number of aryl methyl sites for hydroxylation is 1. The van der Waals surface area contributed by atoms with Crippen LogP contribution in [-0.4, -0.2) is 27.3 Å². The molecule has 0 aliphatic carbocycles. The average molecular weight is 418 g/mol. The second-order valence-electron chi connectivity index (χ2n) is 7.69. The number of hydrogen-bond acceptors (Lipinski definition) is 5. The van der Waals surface area contributed by atoms with Crippen LogP contribution in [0.1, 0.15) is 43.9 Å². The van der Waals surface area contributed by atoms with Crippen LogP contribution in [0.25, 0.3) is 0 Å². The van der Waals surface area contributed by atoms with E-state index in [1.54, 1.807) is 4.68 Å². The molecule has 1 unspecified atom stereocenters. The molecule has 1 aliphatic heterocycles. The molecule has 1 atom stereocenters. The lowest BCUT2D eigenvalue weighted by molar-refractivity contribution is -0.113. The van der Waals surface area contributed by atoms with Crippen molar-refractivity contribution >= 4 is 17.5 Å². The molecule has 4 rings (SSSR count). The van der Waals surface area contributed by atoms with Crippen LogP contribution in [-0.2, 0) is 4.79 Å². The molecule has 7 nitrogen and oxygen atoms in total. The van der Waals surface area contributed by atoms with Crippen LogP contribution in [0, 0.1) is 6.92 Å². The fourth-order valence-corrected chi connectivity index (χ4v) is 3.70. The van der Waals surface area contributed by atoms with E-state index in [9.17, 15) is 4.79 Å². The molecule has 1 aliphatic rings. The summed E-state index contributed by atoms with van der Waals surface area (Å²) in [5.41, 5.74) is 4.12. The molecule has 160 valence electrons. The Balaban J connectivity index is 1.65. The predicted molar refractivity (Wildman–Crippen MR) is 121 cm³/mol. The fraction of sp³-hybridized carbons (Fsp3) is 0.292. The van der Waals surface area contributed by atoms with Crippen molar-refractivity contribution in [1.29, 1.82) is 0 Å². The van der Waals surface area contributed by atoms with Gasteiger partial charge in [-0.2, -0.15) is 10.1 Å². The zero-order valence-corrected chi connectivity index (χ0v) is 18.1. The van der Waals surface area contributed by atoms with Gasteiger partial charge in [-0.15, -0.1) is 0 Å². The Morgan fingerprint density at radius 2 is 2.00 bits per heavy atom.